The summed E-state index contributed by atoms with van der Waals surface area (Å²) >= 11 is 0. The van der Waals surface area contributed by atoms with E-state index in [0.29, 0.717) is 12.5 Å². The van der Waals surface area contributed by atoms with E-state index in [0.717, 1.165) is 12.8 Å². The molecule has 0 aromatic heterocycles. The lowest BCUT2D eigenvalue weighted by Gasteiger charge is -2.25. The van der Waals surface area contributed by atoms with Gasteiger partial charge in [-0.2, -0.15) is 0 Å². The second-order valence-electron chi connectivity index (χ2n) is 5.37. The molecule has 0 bridgehead atoms. The van der Waals surface area contributed by atoms with Crippen molar-refractivity contribution in [3.05, 3.63) is 0 Å². The maximum Gasteiger partial charge on any atom is 0.417 e. The Hall–Kier alpha value is -1.06. The molecule has 2 aliphatic rings. The molecule has 1 saturated heterocycles. The lowest BCUT2D eigenvalue weighted by Crippen LogP contribution is -2.38. The van der Waals surface area contributed by atoms with Gasteiger partial charge in [0, 0.05) is 12.5 Å². The number of carbonyl (C=O) groups is 2. The molecule has 1 aliphatic heterocycles. The average Bonchev–Trinajstić information content (AvgIpc) is 2.18. The lowest BCUT2D eigenvalue weighted by atomic mass is 9.76. The van der Waals surface area contributed by atoms with E-state index < -0.39 is 11.7 Å². The van der Waals surface area contributed by atoms with Crippen molar-refractivity contribution in [3.63, 3.8) is 0 Å². The van der Waals surface area contributed by atoms with Crippen LogP contribution in [0.15, 0.2) is 0 Å². The molecule has 2 fully saturated rings. The quantitative estimate of drug-likeness (QED) is 0.613. The van der Waals surface area contributed by atoms with Gasteiger partial charge in [-0.25, -0.2) is 9.69 Å². The van der Waals surface area contributed by atoms with E-state index in [9.17, 15) is 9.59 Å². The molecule has 0 N–H and O–H groups in total. The number of fused-ring (bicyclic) bond motifs is 1. The van der Waals surface area contributed by atoms with Gasteiger partial charge in [-0.15, -0.1) is 0 Å². The van der Waals surface area contributed by atoms with Gasteiger partial charge in [-0.1, -0.05) is 0 Å². The van der Waals surface area contributed by atoms with Crippen molar-refractivity contribution in [1.29, 1.82) is 0 Å². The Morgan fingerprint density at radius 2 is 2.07 bits per heavy atom. The van der Waals surface area contributed by atoms with Gasteiger partial charge in [0.15, 0.2) is 0 Å². The summed E-state index contributed by atoms with van der Waals surface area (Å²) in [6, 6.07) is 0. The summed E-state index contributed by atoms with van der Waals surface area (Å²) in [5.41, 5.74) is -0.529. The van der Waals surface area contributed by atoms with Crippen LogP contribution in [-0.4, -0.2) is 29.0 Å². The van der Waals surface area contributed by atoms with Gasteiger partial charge in [-0.3, -0.25) is 4.79 Å². The summed E-state index contributed by atoms with van der Waals surface area (Å²) in [5, 5.41) is 0. The first-order valence-electron chi connectivity index (χ1n) is 5.43. The van der Waals surface area contributed by atoms with Crippen LogP contribution >= 0.6 is 0 Å². The molecule has 2 atom stereocenters. The molecule has 0 aromatic carbocycles. The molecule has 0 radical (unpaired) electrons. The minimum absolute atomic E-state index is 0.0412. The molecule has 0 aromatic rings. The highest BCUT2D eigenvalue weighted by Crippen LogP contribution is 2.41. The van der Waals surface area contributed by atoms with Crippen molar-refractivity contribution < 1.29 is 14.3 Å². The molecule has 1 heterocycles. The van der Waals surface area contributed by atoms with E-state index >= 15 is 0 Å². The molecule has 84 valence electrons. The number of rotatable bonds is 0. The van der Waals surface area contributed by atoms with E-state index in [1.165, 1.54) is 4.90 Å². The second-order valence-corrected chi connectivity index (χ2v) is 5.37. The van der Waals surface area contributed by atoms with Crippen LogP contribution in [0.2, 0.25) is 0 Å². The monoisotopic (exact) mass is 211 g/mol. The normalized spacial score (nSPS) is 29.8. The molecule has 15 heavy (non-hydrogen) atoms. The second kappa shape index (κ2) is 3.22. The summed E-state index contributed by atoms with van der Waals surface area (Å²) in [4.78, 5) is 24.7. The third-order valence-electron chi connectivity index (χ3n) is 3.03. The highest BCUT2D eigenvalue weighted by atomic mass is 16.6. The third-order valence-corrected chi connectivity index (χ3v) is 3.03. The van der Waals surface area contributed by atoms with Crippen molar-refractivity contribution in [2.75, 3.05) is 6.54 Å². The van der Waals surface area contributed by atoms with E-state index in [2.05, 4.69) is 0 Å². The number of imide groups is 1. The molecular formula is C11H17NO3. The number of hydrogen-bond donors (Lipinski definition) is 0. The van der Waals surface area contributed by atoms with Crippen molar-refractivity contribution in [2.24, 2.45) is 11.8 Å². The Kier molecular flexibility index (Phi) is 2.24. The van der Waals surface area contributed by atoms with Gasteiger partial charge in [0.2, 0.25) is 5.91 Å². The van der Waals surface area contributed by atoms with Gasteiger partial charge in [-0.05, 0) is 39.5 Å². The van der Waals surface area contributed by atoms with E-state index in [1.807, 2.05) is 0 Å². The Morgan fingerprint density at radius 3 is 2.40 bits per heavy atom. The zero-order valence-corrected chi connectivity index (χ0v) is 9.45. The van der Waals surface area contributed by atoms with Crippen LogP contribution in [0.4, 0.5) is 4.79 Å². The molecule has 0 spiro atoms. The Labute approximate surface area is 89.6 Å². The van der Waals surface area contributed by atoms with E-state index in [4.69, 9.17) is 4.74 Å². The summed E-state index contributed by atoms with van der Waals surface area (Å²) in [6.07, 6.45) is 1.51. The zero-order chi connectivity index (χ0) is 11.2. The predicted octanol–water partition coefficient (Wildman–Crippen LogP) is 1.79. The standard InChI is InChI=1S/C11H17NO3/c1-11(2,3)15-10(14)12-6-7-4-5-8(7)9(12)13/h7-8H,4-6H2,1-3H3/t7-,8-/m0/s1. The highest BCUT2D eigenvalue weighted by Gasteiger charge is 2.49. The summed E-state index contributed by atoms with van der Waals surface area (Å²) in [5.74, 6) is 0.447. The maximum absolute atomic E-state index is 11.7. The Balaban J connectivity index is 2.00. The topological polar surface area (TPSA) is 46.6 Å². The average molecular weight is 211 g/mol. The van der Waals surface area contributed by atoms with Crippen LogP contribution in [0, 0.1) is 11.8 Å². The summed E-state index contributed by atoms with van der Waals surface area (Å²) in [6.45, 7) is 5.97. The number of carbonyl (C=O) groups excluding carboxylic acids is 2. The van der Waals surface area contributed by atoms with Crippen LogP contribution < -0.4 is 0 Å². The number of likely N-dealkylation sites (tertiary alicyclic amines) is 1. The van der Waals surface area contributed by atoms with Gasteiger partial charge >= 0.3 is 6.09 Å². The first kappa shape index (κ1) is 10.5. The van der Waals surface area contributed by atoms with Crippen molar-refractivity contribution in [2.45, 2.75) is 39.2 Å². The first-order chi connectivity index (χ1) is 6.88. The third kappa shape index (κ3) is 1.85. The van der Waals surface area contributed by atoms with Gasteiger partial charge in [0.1, 0.15) is 5.60 Å². The highest BCUT2D eigenvalue weighted by molar-refractivity contribution is 5.95. The number of ether oxygens (including phenoxy) is 1. The number of amides is 2. The summed E-state index contributed by atoms with van der Waals surface area (Å²) < 4.78 is 5.18. The van der Waals surface area contributed by atoms with Gasteiger partial charge in [0.05, 0.1) is 0 Å². The fraction of sp³-hybridized carbons (Fsp3) is 0.818. The molecule has 4 heteroatoms. The summed E-state index contributed by atoms with van der Waals surface area (Å²) in [7, 11) is 0. The Morgan fingerprint density at radius 1 is 1.40 bits per heavy atom. The minimum atomic E-state index is -0.529. The van der Waals surface area contributed by atoms with Crippen molar-refractivity contribution in [1.82, 2.24) is 4.90 Å². The minimum Gasteiger partial charge on any atom is -0.443 e. The fourth-order valence-corrected chi connectivity index (χ4v) is 2.12. The lowest BCUT2D eigenvalue weighted by molar-refractivity contribution is -0.131. The predicted molar refractivity (Wildman–Crippen MR) is 54.2 cm³/mol. The first-order valence-corrected chi connectivity index (χ1v) is 5.43. The Bertz CT molecular complexity index is 305. The van der Waals surface area contributed by atoms with E-state index in [1.54, 1.807) is 20.8 Å². The molecule has 0 unspecified atom stereocenters. The SMILES string of the molecule is CC(C)(C)OC(=O)N1C[C@@H]2CC[C@@H]2C1=O. The van der Waals surface area contributed by atoms with Crippen LogP contribution in [0.1, 0.15) is 33.6 Å². The molecule has 4 nitrogen and oxygen atoms in total. The largest absolute Gasteiger partial charge is 0.443 e. The number of hydrogen-bond acceptors (Lipinski definition) is 3. The van der Waals surface area contributed by atoms with Gasteiger partial charge in [0.25, 0.3) is 0 Å². The van der Waals surface area contributed by atoms with Gasteiger partial charge < -0.3 is 4.74 Å². The van der Waals surface area contributed by atoms with Crippen LogP contribution in [0.5, 0.6) is 0 Å². The van der Waals surface area contributed by atoms with Crippen molar-refractivity contribution in [3.8, 4) is 0 Å². The van der Waals surface area contributed by atoms with E-state index in [-0.39, 0.29) is 11.8 Å². The molecule has 2 amide bonds. The molecule has 1 saturated carbocycles. The molecular weight excluding hydrogens is 194 g/mol. The van der Waals surface area contributed by atoms with Crippen LogP contribution in [0.25, 0.3) is 0 Å². The van der Waals surface area contributed by atoms with Crippen LogP contribution in [0.3, 0.4) is 0 Å². The smallest absolute Gasteiger partial charge is 0.417 e. The molecule has 1 aliphatic carbocycles. The zero-order valence-electron chi connectivity index (χ0n) is 9.45. The fourth-order valence-electron chi connectivity index (χ4n) is 2.12. The van der Waals surface area contributed by atoms with Crippen molar-refractivity contribution >= 4 is 12.0 Å². The number of nitrogens with zero attached hydrogens (tertiary/aromatic N) is 1. The van der Waals surface area contributed by atoms with Crippen LogP contribution in [-0.2, 0) is 9.53 Å². The maximum atomic E-state index is 11.7. The molecule has 2 rings (SSSR count).